The second-order valence-corrected chi connectivity index (χ2v) is 24.8. The first-order chi connectivity index (χ1) is 34.3. The van der Waals surface area contributed by atoms with E-state index in [2.05, 4.69) is 20.1 Å². The van der Waals surface area contributed by atoms with Gasteiger partial charge in [0.15, 0.2) is 12.1 Å². The lowest BCUT2D eigenvalue weighted by Crippen LogP contribution is -2.50. The number of nitrogen functional groups attached to an aromatic ring is 1. The second-order valence-electron chi connectivity index (χ2n) is 24.8. The number of benzene rings is 2. The van der Waals surface area contributed by atoms with Gasteiger partial charge in [0.2, 0.25) is 0 Å². The summed E-state index contributed by atoms with van der Waals surface area (Å²) in [5.74, 6) is -1.64. The first-order valence-electron chi connectivity index (χ1n) is 25.7. The zero-order chi connectivity index (χ0) is 56.6. The summed E-state index contributed by atoms with van der Waals surface area (Å²) in [6, 6.07) is 8.71. The Morgan fingerprint density at radius 2 is 0.987 bits per heavy atom. The number of esters is 2. The van der Waals surface area contributed by atoms with Gasteiger partial charge in [0.25, 0.3) is 11.5 Å². The molecule has 0 spiro atoms. The van der Waals surface area contributed by atoms with E-state index in [4.69, 9.17) is 34.2 Å². The molecular weight excluding hydrogens is 965 g/mol. The molecule has 3 heterocycles. The molecule has 0 radical (unpaired) electrons. The molecule has 20 heteroatoms. The molecule has 2 unspecified atom stereocenters. The van der Waals surface area contributed by atoms with Gasteiger partial charge in [-0.05, 0) is 161 Å². The number of nitrogens with one attached hydrogen (secondary N) is 1. The van der Waals surface area contributed by atoms with E-state index in [-0.39, 0.29) is 42.2 Å². The van der Waals surface area contributed by atoms with Crippen molar-refractivity contribution in [1.29, 1.82) is 0 Å². The summed E-state index contributed by atoms with van der Waals surface area (Å²) < 4.78 is 35.0. The number of carbonyl (C=O) groups excluding carboxylic acids is 5. The van der Waals surface area contributed by atoms with Crippen LogP contribution in [0.2, 0.25) is 0 Å². The van der Waals surface area contributed by atoms with Gasteiger partial charge in [-0.15, -0.1) is 0 Å². The number of anilines is 3. The van der Waals surface area contributed by atoms with Crippen molar-refractivity contribution in [2.75, 3.05) is 81.1 Å². The number of piperazine rings is 2. The fourth-order valence-corrected chi connectivity index (χ4v) is 7.50. The van der Waals surface area contributed by atoms with E-state index in [1.807, 2.05) is 95.2 Å². The smallest absolute Gasteiger partial charge is 0.410 e. The maximum absolute atomic E-state index is 13.6. The van der Waals surface area contributed by atoms with Crippen LogP contribution in [0, 0.1) is 0 Å². The summed E-state index contributed by atoms with van der Waals surface area (Å²) in [5, 5.41) is 3.13. The Morgan fingerprint density at radius 3 is 1.44 bits per heavy atom. The molecule has 2 aliphatic rings. The van der Waals surface area contributed by atoms with Gasteiger partial charge >= 0.3 is 24.1 Å². The van der Waals surface area contributed by atoms with Crippen LogP contribution in [0.3, 0.4) is 0 Å². The normalized spacial score (nSPS) is 15.8. The molecule has 3 N–H and O–H groups in total. The number of hydrogen-bond donors (Lipinski definition) is 2. The fourth-order valence-electron chi connectivity index (χ4n) is 7.50. The molecule has 20 nitrogen and oxygen atoms in total. The molecule has 2 atom stereocenters. The lowest BCUT2D eigenvalue weighted by Gasteiger charge is -2.37. The van der Waals surface area contributed by atoms with Gasteiger partial charge in [0.05, 0.1) is 47.2 Å². The summed E-state index contributed by atoms with van der Waals surface area (Å²) in [6.45, 7) is 37.2. The van der Waals surface area contributed by atoms with Crippen LogP contribution in [0.25, 0.3) is 10.9 Å². The second kappa shape index (κ2) is 24.2. The predicted molar refractivity (Wildman–Crippen MR) is 290 cm³/mol. The third kappa shape index (κ3) is 20.1. The largest absolute Gasteiger partial charge is 0.458 e. The van der Waals surface area contributed by atoms with E-state index in [1.54, 1.807) is 75.6 Å². The van der Waals surface area contributed by atoms with Crippen LogP contribution in [0.4, 0.5) is 26.7 Å². The van der Waals surface area contributed by atoms with E-state index in [0.29, 0.717) is 63.3 Å². The maximum atomic E-state index is 13.6. The lowest BCUT2D eigenvalue weighted by molar-refractivity contribution is -0.163. The van der Waals surface area contributed by atoms with Gasteiger partial charge in [-0.1, -0.05) is 0 Å². The number of carbonyl (C=O) groups is 5. The average molecular weight is 1050 g/mol. The number of rotatable bonds is 11. The Kier molecular flexibility index (Phi) is 19.8. The van der Waals surface area contributed by atoms with Crippen LogP contribution in [0.5, 0.6) is 0 Å². The molecule has 5 rings (SSSR count). The minimum absolute atomic E-state index is 0.0299. The highest BCUT2D eigenvalue weighted by molar-refractivity contribution is 6.02. The molecule has 418 valence electrons. The Morgan fingerprint density at radius 1 is 0.560 bits per heavy atom. The molecule has 0 bridgehead atoms. The van der Waals surface area contributed by atoms with Crippen molar-refractivity contribution in [2.45, 2.75) is 170 Å². The minimum atomic E-state index is -1.01. The van der Waals surface area contributed by atoms with Gasteiger partial charge in [-0.25, -0.2) is 24.2 Å². The van der Waals surface area contributed by atoms with E-state index in [0.717, 1.165) is 11.4 Å². The Bertz CT molecular complexity index is 2520. The highest BCUT2D eigenvalue weighted by atomic mass is 16.6. The van der Waals surface area contributed by atoms with Crippen LogP contribution >= 0.6 is 0 Å². The third-order valence-corrected chi connectivity index (χ3v) is 11.0. The van der Waals surface area contributed by atoms with Crippen molar-refractivity contribution in [2.24, 2.45) is 0 Å². The number of aromatic nitrogens is 2. The van der Waals surface area contributed by atoms with E-state index >= 15 is 0 Å². The van der Waals surface area contributed by atoms with E-state index < -0.39 is 63.5 Å². The summed E-state index contributed by atoms with van der Waals surface area (Å²) in [5.41, 5.74) is 4.93. The molecular formula is C55H86N8O12. The van der Waals surface area contributed by atoms with Crippen molar-refractivity contribution in [3.8, 4) is 0 Å². The molecule has 2 saturated heterocycles. The molecule has 2 aromatic carbocycles. The van der Waals surface area contributed by atoms with Crippen LogP contribution in [-0.2, 0) is 38.0 Å². The fraction of sp³-hybridized carbons (Fsp3) is 0.655. The van der Waals surface area contributed by atoms with Crippen molar-refractivity contribution < 1.29 is 52.4 Å². The van der Waals surface area contributed by atoms with Gasteiger partial charge in [-0.3, -0.25) is 14.2 Å². The first-order valence-corrected chi connectivity index (χ1v) is 25.7. The number of hydrogen-bond acceptors (Lipinski definition) is 16. The van der Waals surface area contributed by atoms with Gasteiger partial charge < -0.3 is 59.1 Å². The van der Waals surface area contributed by atoms with Gasteiger partial charge in [0.1, 0.15) is 22.4 Å². The predicted octanol–water partition coefficient (Wildman–Crippen LogP) is 7.73. The lowest BCUT2D eigenvalue weighted by atomic mass is 10.1. The summed E-state index contributed by atoms with van der Waals surface area (Å²) >= 11 is 0. The zero-order valence-electron chi connectivity index (χ0n) is 47.9. The number of nitrogens with two attached hydrogens (primary N) is 1. The molecule has 2 fully saturated rings. The standard InChI is InChI=1S/C28H42N4O6.C27H44N4O6/c1-26(2,3)36-17-22(24(34)37-27(4,5)6)32-18-29-21-11-10-19(16-20(21)23(32)33)30-12-14-31(15-13-30)25(35)38-28(7,8)9;1-25(2,3)35-17-21(23(33)36-26(4,5)6)29-22(32)19-16-18(10-11-20(19)28)30-12-14-31(15-13-30)24(34)37-27(7,8)9/h10-11,16,18,22H,12-15,17H2,1-9H3;10-11,16,21H,12-15,17,28H2,1-9H3,(H,29,32). The Balaban J connectivity index is 0.000000325. The van der Waals surface area contributed by atoms with E-state index in [1.165, 1.54) is 10.9 Å². The van der Waals surface area contributed by atoms with Crippen LogP contribution < -0.4 is 26.4 Å². The monoisotopic (exact) mass is 1050 g/mol. The zero-order valence-corrected chi connectivity index (χ0v) is 47.9. The van der Waals surface area contributed by atoms with Crippen molar-refractivity contribution in [3.05, 3.63) is 58.6 Å². The molecule has 2 aliphatic heterocycles. The third-order valence-electron chi connectivity index (χ3n) is 11.0. The highest BCUT2D eigenvalue weighted by Crippen LogP contribution is 2.26. The first kappa shape index (κ1) is 61.4. The molecule has 0 aliphatic carbocycles. The van der Waals surface area contributed by atoms with Crippen molar-refractivity contribution in [3.63, 3.8) is 0 Å². The molecule has 3 aromatic rings. The van der Waals surface area contributed by atoms with Gasteiger partial charge in [0, 0.05) is 69.4 Å². The number of nitrogens with zero attached hydrogens (tertiary/aromatic N) is 6. The van der Waals surface area contributed by atoms with Crippen molar-refractivity contribution in [1.82, 2.24) is 24.7 Å². The number of ether oxygens (including phenoxy) is 6. The summed E-state index contributed by atoms with van der Waals surface area (Å²) in [7, 11) is 0. The summed E-state index contributed by atoms with van der Waals surface area (Å²) in [6.07, 6.45) is 0.716. The Hall–Kier alpha value is -6.15. The number of amides is 3. The maximum Gasteiger partial charge on any atom is 0.410 e. The highest BCUT2D eigenvalue weighted by Gasteiger charge is 2.33. The van der Waals surface area contributed by atoms with Gasteiger partial charge in [-0.2, -0.15) is 0 Å². The molecule has 1 aromatic heterocycles. The van der Waals surface area contributed by atoms with Crippen LogP contribution in [0.15, 0.2) is 47.5 Å². The molecule has 0 saturated carbocycles. The SMILES string of the molecule is CC(C)(C)OCC(C(=O)OC(C)(C)C)n1cnc2ccc(N3CCN(C(=O)OC(C)(C)C)CC3)cc2c1=O.CC(C)(C)OCC(NC(=O)c1cc(N2CCN(C(=O)OC(C)(C)C)CC2)ccc1N)C(=O)OC(C)(C)C. The average Bonchev–Trinajstić information content (AvgIpc) is 3.26. The minimum Gasteiger partial charge on any atom is -0.458 e. The number of fused-ring (bicyclic) bond motifs is 1. The Labute approximate surface area is 443 Å². The van der Waals surface area contributed by atoms with Crippen LogP contribution in [-0.4, -0.2) is 155 Å². The quantitative estimate of drug-likeness (QED) is 0.106. The summed E-state index contributed by atoms with van der Waals surface area (Å²) in [4.78, 5) is 89.6. The molecule has 3 amide bonds. The van der Waals surface area contributed by atoms with Crippen molar-refractivity contribution >= 4 is 58.0 Å². The van der Waals surface area contributed by atoms with Crippen LogP contribution in [0.1, 0.15) is 141 Å². The molecule has 75 heavy (non-hydrogen) atoms. The van der Waals surface area contributed by atoms with E-state index in [9.17, 15) is 28.8 Å². The topological polar surface area (TPSA) is 227 Å².